The van der Waals surface area contributed by atoms with Crippen molar-refractivity contribution in [1.82, 2.24) is 24.4 Å². The van der Waals surface area contributed by atoms with Gasteiger partial charge in [0.05, 0.1) is 28.8 Å². The molecule has 5 heterocycles. The third kappa shape index (κ3) is 5.02. The molecule has 0 spiro atoms. The van der Waals surface area contributed by atoms with Crippen LogP contribution >= 0.6 is 11.6 Å². The molecule has 1 fully saturated rings. The summed E-state index contributed by atoms with van der Waals surface area (Å²) in [6, 6.07) is 8.28. The van der Waals surface area contributed by atoms with Gasteiger partial charge in [0, 0.05) is 43.0 Å². The quantitative estimate of drug-likeness (QED) is 0.213. The van der Waals surface area contributed by atoms with E-state index in [9.17, 15) is 9.59 Å². The first-order valence-electron chi connectivity index (χ1n) is 14.5. The number of amides is 1. The molecule has 1 aliphatic heterocycles. The summed E-state index contributed by atoms with van der Waals surface area (Å²) in [6.45, 7) is 12.9. The molecule has 0 aliphatic carbocycles. The Morgan fingerprint density at radius 3 is 2.75 bits per heavy atom. The second-order valence-corrected chi connectivity index (χ2v) is 11.8. The van der Waals surface area contributed by atoms with E-state index in [1.54, 1.807) is 29.3 Å². The molecule has 9 nitrogen and oxygen atoms in total. The number of fused-ring (bicyclic) bond motifs is 2. The van der Waals surface area contributed by atoms with Crippen molar-refractivity contribution in [3.05, 3.63) is 93.6 Å². The van der Waals surface area contributed by atoms with Crippen LogP contribution in [0, 0.1) is 12.7 Å². The molecule has 1 amide bonds. The molecule has 1 atom stereocenters. The van der Waals surface area contributed by atoms with E-state index < -0.39 is 11.5 Å². The monoisotopic (exact) mass is 614 g/mol. The molecular weight excluding hydrogens is 583 g/mol. The van der Waals surface area contributed by atoms with Gasteiger partial charge in [-0.3, -0.25) is 14.3 Å². The largest absolute Gasteiger partial charge is 0.464 e. The minimum absolute atomic E-state index is 0.0326. The molecule has 0 saturated carbocycles. The first kappa shape index (κ1) is 29.5. The van der Waals surface area contributed by atoms with E-state index in [4.69, 9.17) is 21.0 Å². The van der Waals surface area contributed by atoms with Crippen molar-refractivity contribution in [2.45, 2.75) is 46.2 Å². The van der Waals surface area contributed by atoms with Gasteiger partial charge in [0.1, 0.15) is 22.7 Å². The lowest BCUT2D eigenvalue weighted by Gasteiger charge is -2.40. The standard InChI is InChI=1S/C33H32ClFN6O3/c1-6-26(42)39-12-13-40(20(5)16-39)32-22-15-25(35)29(27-24(34)8-7-21-10-14-44-30(21)27)37-31(22)41(33(43)38-32)17-23-19(4)9-11-36-28(23)18(2)3/h6-11,14-15,18,20H,1,12-13,16-17H2,2-5H3/t20-/m0/s1. The van der Waals surface area contributed by atoms with Crippen molar-refractivity contribution in [3.63, 3.8) is 0 Å². The number of aryl methyl sites for hydroxylation is 1. The number of pyridine rings is 2. The fourth-order valence-electron chi connectivity index (χ4n) is 5.99. The van der Waals surface area contributed by atoms with Crippen molar-refractivity contribution >= 4 is 45.3 Å². The lowest BCUT2D eigenvalue weighted by atomic mass is 9.99. The van der Waals surface area contributed by atoms with Crippen LogP contribution in [0.15, 0.2) is 64.7 Å². The lowest BCUT2D eigenvalue weighted by Crippen LogP contribution is -2.54. The molecule has 0 N–H and O–H groups in total. The molecule has 0 bridgehead atoms. The third-order valence-corrected chi connectivity index (χ3v) is 8.58. The number of rotatable bonds is 6. The Bertz CT molecular complexity index is 2000. The zero-order chi connectivity index (χ0) is 31.3. The summed E-state index contributed by atoms with van der Waals surface area (Å²) in [4.78, 5) is 43.8. The van der Waals surface area contributed by atoms with Crippen LogP contribution in [0.3, 0.4) is 0 Å². The number of piperazine rings is 1. The van der Waals surface area contributed by atoms with Crippen molar-refractivity contribution in [2.75, 3.05) is 24.5 Å². The Hall–Kier alpha value is -4.57. The Balaban J connectivity index is 1.60. The van der Waals surface area contributed by atoms with Crippen molar-refractivity contribution < 1.29 is 13.6 Å². The molecule has 4 aromatic heterocycles. The van der Waals surface area contributed by atoms with Crippen LogP contribution in [0.5, 0.6) is 0 Å². The van der Waals surface area contributed by atoms with Gasteiger partial charge in [-0.05, 0) is 67.3 Å². The fraction of sp³-hybridized carbons (Fsp3) is 0.303. The van der Waals surface area contributed by atoms with Crippen LogP contribution in [0.1, 0.15) is 43.5 Å². The van der Waals surface area contributed by atoms with Gasteiger partial charge in [0.2, 0.25) is 5.91 Å². The normalized spacial score (nSPS) is 15.5. The van der Waals surface area contributed by atoms with E-state index in [2.05, 4.69) is 16.5 Å². The highest BCUT2D eigenvalue weighted by Gasteiger charge is 2.30. The summed E-state index contributed by atoms with van der Waals surface area (Å²) in [5, 5.41) is 1.38. The van der Waals surface area contributed by atoms with Gasteiger partial charge < -0.3 is 14.2 Å². The molecule has 1 aliphatic rings. The summed E-state index contributed by atoms with van der Waals surface area (Å²) in [5.41, 5.74) is 3.09. The second kappa shape index (κ2) is 11.5. The SMILES string of the molecule is C=CC(=O)N1CCN(c2nc(=O)n(Cc3c(C)ccnc3C(C)C)c3nc(-c4c(Cl)ccc5ccoc45)c(F)cc23)[C@@H](C)C1. The summed E-state index contributed by atoms with van der Waals surface area (Å²) < 4.78 is 23.4. The van der Waals surface area contributed by atoms with Gasteiger partial charge >= 0.3 is 5.69 Å². The highest BCUT2D eigenvalue weighted by molar-refractivity contribution is 6.34. The smallest absolute Gasteiger partial charge is 0.351 e. The topological polar surface area (TPSA) is 97.4 Å². The van der Waals surface area contributed by atoms with Gasteiger partial charge in [0.25, 0.3) is 0 Å². The zero-order valence-electron chi connectivity index (χ0n) is 25.0. The van der Waals surface area contributed by atoms with Gasteiger partial charge in [-0.15, -0.1) is 0 Å². The number of carbonyl (C=O) groups is 1. The van der Waals surface area contributed by atoms with Crippen LogP contribution in [0.4, 0.5) is 10.2 Å². The molecule has 0 radical (unpaired) electrons. The number of nitrogens with zero attached hydrogens (tertiary/aromatic N) is 6. The Morgan fingerprint density at radius 1 is 1.23 bits per heavy atom. The molecule has 44 heavy (non-hydrogen) atoms. The van der Waals surface area contributed by atoms with Crippen molar-refractivity contribution in [1.29, 1.82) is 0 Å². The van der Waals surface area contributed by atoms with E-state index in [0.29, 0.717) is 42.0 Å². The highest BCUT2D eigenvalue weighted by Crippen LogP contribution is 2.38. The van der Waals surface area contributed by atoms with Crippen molar-refractivity contribution in [2.24, 2.45) is 0 Å². The van der Waals surface area contributed by atoms with Gasteiger partial charge in [-0.25, -0.2) is 14.2 Å². The predicted octanol–water partition coefficient (Wildman–Crippen LogP) is 6.10. The Labute approximate surface area is 258 Å². The molecule has 226 valence electrons. The third-order valence-electron chi connectivity index (χ3n) is 8.26. The number of carbonyl (C=O) groups excluding carboxylic acids is 1. The zero-order valence-corrected chi connectivity index (χ0v) is 25.7. The predicted molar refractivity (Wildman–Crippen MR) is 170 cm³/mol. The maximum Gasteiger partial charge on any atom is 0.351 e. The average Bonchev–Trinajstić information content (AvgIpc) is 3.47. The average molecular weight is 615 g/mol. The number of halogens is 2. The first-order valence-corrected chi connectivity index (χ1v) is 14.9. The van der Waals surface area contributed by atoms with Crippen LogP contribution < -0.4 is 10.6 Å². The summed E-state index contributed by atoms with van der Waals surface area (Å²) in [7, 11) is 0. The minimum Gasteiger partial charge on any atom is -0.464 e. The number of hydrogen-bond acceptors (Lipinski definition) is 7. The van der Waals surface area contributed by atoms with Gasteiger partial charge in [-0.2, -0.15) is 4.98 Å². The van der Waals surface area contributed by atoms with E-state index >= 15 is 4.39 Å². The summed E-state index contributed by atoms with van der Waals surface area (Å²) in [5.74, 6) is -0.387. The number of furan rings is 1. The number of hydrogen-bond donors (Lipinski definition) is 0. The van der Waals surface area contributed by atoms with Crippen LogP contribution in [-0.2, 0) is 11.3 Å². The molecule has 1 saturated heterocycles. The molecular formula is C33H32ClFN6O3. The minimum atomic E-state index is -0.634. The van der Waals surface area contributed by atoms with Crippen LogP contribution in [0.25, 0.3) is 33.3 Å². The fourth-order valence-corrected chi connectivity index (χ4v) is 6.23. The van der Waals surface area contributed by atoms with Gasteiger partial charge in [-0.1, -0.05) is 32.0 Å². The molecule has 6 rings (SSSR count). The maximum atomic E-state index is 16.2. The number of benzene rings is 1. The van der Waals surface area contributed by atoms with E-state index in [0.717, 1.165) is 22.2 Å². The Kier molecular flexibility index (Phi) is 7.71. The second-order valence-electron chi connectivity index (χ2n) is 11.4. The highest BCUT2D eigenvalue weighted by atomic mass is 35.5. The molecule has 11 heteroatoms. The van der Waals surface area contributed by atoms with E-state index in [-0.39, 0.29) is 40.8 Å². The number of aromatic nitrogens is 4. The van der Waals surface area contributed by atoms with E-state index in [1.165, 1.54) is 23.0 Å². The Morgan fingerprint density at radius 2 is 2.02 bits per heavy atom. The molecule has 1 aromatic carbocycles. The first-order chi connectivity index (χ1) is 21.1. The summed E-state index contributed by atoms with van der Waals surface area (Å²) >= 11 is 6.62. The molecule has 0 unspecified atom stereocenters. The molecule has 5 aromatic rings. The lowest BCUT2D eigenvalue weighted by molar-refractivity contribution is -0.126. The maximum absolute atomic E-state index is 16.2. The van der Waals surface area contributed by atoms with Crippen molar-refractivity contribution in [3.8, 4) is 11.3 Å². The van der Waals surface area contributed by atoms with Crippen LogP contribution in [0.2, 0.25) is 5.02 Å². The van der Waals surface area contributed by atoms with Crippen LogP contribution in [-0.4, -0.2) is 56.0 Å². The van der Waals surface area contributed by atoms with E-state index in [1.807, 2.05) is 38.7 Å². The van der Waals surface area contributed by atoms with Gasteiger partial charge in [0.15, 0.2) is 5.82 Å². The summed E-state index contributed by atoms with van der Waals surface area (Å²) in [6.07, 6.45) is 4.55. The number of anilines is 1.